The molecule has 4 rings (SSSR count). The van der Waals surface area contributed by atoms with Crippen molar-refractivity contribution >= 4 is 30.1 Å². The molecule has 1 saturated heterocycles. The van der Waals surface area contributed by atoms with Crippen molar-refractivity contribution in [3.05, 3.63) is 30.1 Å². The first-order valence-electron chi connectivity index (χ1n) is 9.59. The van der Waals surface area contributed by atoms with E-state index in [-0.39, 0.29) is 61.0 Å². The van der Waals surface area contributed by atoms with Crippen molar-refractivity contribution in [1.29, 1.82) is 0 Å². The molecule has 3 fully saturated rings. The molecular formula is C20H26ClN3O3. The molecule has 1 aromatic heterocycles. The van der Waals surface area contributed by atoms with Crippen molar-refractivity contribution in [3.63, 3.8) is 0 Å². The first-order valence-corrected chi connectivity index (χ1v) is 9.59. The number of rotatable bonds is 6. The van der Waals surface area contributed by atoms with Crippen molar-refractivity contribution in [3.8, 4) is 0 Å². The highest BCUT2D eigenvalue weighted by molar-refractivity contribution is 6.06. The maximum absolute atomic E-state index is 12.6. The van der Waals surface area contributed by atoms with Gasteiger partial charge in [-0.15, -0.1) is 12.4 Å². The van der Waals surface area contributed by atoms with Gasteiger partial charge in [0.25, 0.3) is 0 Å². The average molecular weight is 392 g/mol. The second-order valence-electron chi connectivity index (χ2n) is 7.96. The van der Waals surface area contributed by atoms with Gasteiger partial charge in [0.15, 0.2) is 0 Å². The smallest absolute Gasteiger partial charge is 0.233 e. The summed E-state index contributed by atoms with van der Waals surface area (Å²) in [5.74, 6) is 0.356. The Morgan fingerprint density at radius 1 is 1.22 bits per heavy atom. The lowest BCUT2D eigenvalue weighted by molar-refractivity contribution is -0.141. The van der Waals surface area contributed by atoms with Gasteiger partial charge < -0.3 is 5.32 Å². The molecule has 5 atom stereocenters. The first-order chi connectivity index (χ1) is 12.5. The summed E-state index contributed by atoms with van der Waals surface area (Å²) in [6, 6.07) is 5.67. The molecule has 2 saturated carbocycles. The van der Waals surface area contributed by atoms with Crippen LogP contribution in [-0.2, 0) is 20.8 Å². The number of pyridine rings is 1. The Morgan fingerprint density at radius 3 is 2.48 bits per heavy atom. The van der Waals surface area contributed by atoms with Crippen LogP contribution in [0, 0.1) is 23.7 Å². The van der Waals surface area contributed by atoms with Gasteiger partial charge in [-0.05, 0) is 50.2 Å². The van der Waals surface area contributed by atoms with Gasteiger partial charge >= 0.3 is 0 Å². The molecule has 6 nitrogen and oxygen atoms in total. The largest absolute Gasteiger partial charge is 0.353 e. The molecule has 3 aliphatic rings. The molecule has 2 aliphatic carbocycles. The van der Waals surface area contributed by atoms with Gasteiger partial charge in [0.05, 0.1) is 11.8 Å². The lowest BCUT2D eigenvalue weighted by Crippen LogP contribution is -2.39. The molecule has 0 radical (unpaired) electrons. The molecule has 0 aromatic carbocycles. The summed E-state index contributed by atoms with van der Waals surface area (Å²) < 4.78 is 0. The van der Waals surface area contributed by atoms with Crippen molar-refractivity contribution in [2.75, 3.05) is 6.54 Å². The maximum Gasteiger partial charge on any atom is 0.233 e. The molecule has 146 valence electrons. The zero-order valence-electron chi connectivity index (χ0n) is 15.5. The predicted octanol–water partition coefficient (Wildman–Crippen LogP) is 1.97. The number of hydrogen-bond acceptors (Lipinski definition) is 4. The molecule has 2 bridgehead atoms. The second-order valence-corrected chi connectivity index (χ2v) is 7.96. The van der Waals surface area contributed by atoms with Crippen LogP contribution in [0.3, 0.4) is 0 Å². The van der Waals surface area contributed by atoms with E-state index < -0.39 is 0 Å². The minimum Gasteiger partial charge on any atom is -0.353 e. The van der Waals surface area contributed by atoms with Gasteiger partial charge in [0.1, 0.15) is 0 Å². The van der Waals surface area contributed by atoms with E-state index in [9.17, 15) is 14.4 Å². The van der Waals surface area contributed by atoms with Crippen molar-refractivity contribution in [2.45, 2.75) is 45.1 Å². The Morgan fingerprint density at radius 2 is 1.89 bits per heavy atom. The van der Waals surface area contributed by atoms with E-state index >= 15 is 0 Å². The van der Waals surface area contributed by atoms with Gasteiger partial charge in [0, 0.05) is 37.3 Å². The Hall–Kier alpha value is -1.95. The molecule has 2 heterocycles. The minimum absolute atomic E-state index is 0. The van der Waals surface area contributed by atoms with Crippen molar-refractivity contribution in [2.24, 2.45) is 23.7 Å². The maximum atomic E-state index is 12.6. The number of nitrogens with one attached hydrogen (secondary N) is 1. The summed E-state index contributed by atoms with van der Waals surface area (Å²) in [4.78, 5) is 43.1. The fourth-order valence-corrected chi connectivity index (χ4v) is 5.13. The van der Waals surface area contributed by atoms with Crippen LogP contribution in [-0.4, -0.2) is 40.2 Å². The molecule has 1 aliphatic heterocycles. The molecule has 7 heteroatoms. The van der Waals surface area contributed by atoms with E-state index in [1.165, 1.54) is 4.90 Å². The predicted molar refractivity (Wildman–Crippen MR) is 102 cm³/mol. The monoisotopic (exact) mass is 391 g/mol. The third-order valence-electron chi connectivity index (χ3n) is 6.23. The standard InChI is InChI=1S/C20H25N3O3.ClH/c1-12(10-15-4-2-3-8-21-15)22-16(24)7-9-23-19(25)17-13-5-6-14(11-13)18(17)20(23)26;/h2-4,8,12-14,17-18H,5-7,9-11H2,1H3,(H,22,24);1H. The number of aromatic nitrogens is 1. The zero-order valence-corrected chi connectivity index (χ0v) is 16.3. The van der Waals surface area contributed by atoms with Crippen LogP contribution >= 0.6 is 12.4 Å². The Labute approximate surface area is 165 Å². The number of carbonyl (C=O) groups is 3. The van der Waals surface area contributed by atoms with Gasteiger partial charge in [-0.1, -0.05) is 6.07 Å². The minimum atomic E-state index is -0.130. The first kappa shape index (κ1) is 19.8. The van der Waals surface area contributed by atoms with Crippen LogP contribution in [0.4, 0.5) is 0 Å². The molecule has 5 unspecified atom stereocenters. The average Bonchev–Trinajstić information content (AvgIpc) is 3.29. The quantitative estimate of drug-likeness (QED) is 0.752. The van der Waals surface area contributed by atoms with E-state index in [1.807, 2.05) is 25.1 Å². The van der Waals surface area contributed by atoms with Gasteiger partial charge in [0.2, 0.25) is 17.7 Å². The summed E-state index contributed by atoms with van der Waals surface area (Å²) in [5.41, 5.74) is 0.925. The highest BCUT2D eigenvalue weighted by Crippen LogP contribution is 2.56. The van der Waals surface area contributed by atoms with Crippen LogP contribution in [0.2, 0.25) is 0 Å². The van der Waals surface area contributed by atoms with Gasteiger partial charge in [-0.25, -0.2) is 0 Å². The highest BCUT2D eigenvalue weighted by atomic mass is 35.5. The lowest BCUT2D eigenvalue weighted by atomic mass is 9.81. The van der Waals surface area contributed by atoms with Crippen LogP contribution < -0.4 is 5.32 Å². The molecule has 3 amide bonds. The SMILES string of the molecule is CC(Cc1ccccn1)NC(=O)CCN1C(=O)C2C3CCC(C3)C2C1=O.Cl. The molecule has 1 N–H and O–H groups in total. The summed E-state index contributed by atoms with van der Waals surface area (Å²) in [5, 5.41) is 2.93. The summed E-state index contributed by atoms with van der Waals surface area (Å²) in [6.07, 6.45) is 5.74. The van der Waals surface area contributed by atoms with Crippen molar-refractivity contribution < 1.29 is 14.4 Å². The molecule has 0 spiro atoms. The number of likely N-dealkylation sites (tertiary alicyclic amines) is 1. The van der Waals surface area contributed by atoms with Crippen LogP contribution in [0.5, 0.6) is 0 Å². The number of halogens is 1. The second kappa shape index (κ2) is 7.97. The van der Waals surface area contributed by atoms with Gasteiger partial charge in [-0.2, -0.15) is 0 Å². The molecule has 1 aromatic rings. The highest BCUT2D eigenvalue weighted by Gasteiger charge is 2.60. The molecule has 27 heavy (non-hydrogen) atoms. The van der Waals surface area contributed by atoms with E-state index in [2.05, 4.69) is 10.3 Å². The lowest BCUT2D eigenvalue weighted by Gasteiger charge is -2.19. The van der Waals surface area contributed by atoms with Gasteiger partial charge in [-0.3, -0.25) is 24.3 Å². The number of amides is 3. The number of carbonyl (C=O) groups excluding carboxylic acids is 3. The number of hydrogen-bond donors (Lipinski definition) is 1. The van der Waals surface area contributed by atoms with Crippen LogP contribution in [0.15, 0.2) is 24.4 Å². The van der Waals surface area contributed by atoms with E-state index in [1.54, 1.807) is 6.20 Å². The topological polar surface area (TPSA) is 79.4 Å². The number of imide groups is 1. The van der Waals surface area contributed by atoms with Crippen LogP contribution in [0.1, 0.15) is 38.3 Å². The summed E-state index contributed by atoms with van der Waals surface area (Å²) >= 11 is 0. The fraction of sp³-hybridized carbons (Fsp3) is 0.600. The fourth-order valence-electron chi connectivity index (χ4n) is 5.13. The summed E-state index contributed by atoms with van der Waals surface area (Å²) in [6.45, 7) is 2.13. The van der Waals surface area contributed by atoms with Crippen LogP contribution in [0.25, 0.3) is 0 Å². The number of fused-ring (bicyclic) bond motifs is 5. The summed E-state index contributed by atoms with van der Waals surface area (Å²) in [7, 11) is 0. The third kappa shape index (κ3) is 3.72. The third-order valence-corrected chi connectivity index (χ3v) is 6.23. The van der Waals surface area contributed by atoms with E-state index in [0.29, 0.717) is 18.3 Å². The van der Waals surface area contributed by atoms with E-state index in [4.69, 9.17) is 0 Å². The normalized spacial score (nSPS) is 29.4. The Balaban J connectivity index is 0.00000210. The molecular weight excluding hydrogens is 366 g/mol. The number of nitrogens with zero attached hydrogens (tertiary/aromatic N) is 2. The van der Waals surface area contributed by atoms with Crippen molar-refractivity contribution in [1.82, 2.24) is 15.2 Å². The zero-order chi connectivity index (χ0) is 18.3. The Kier molecular flexibility index (Phi) is 5.84. The van der Waals surface area contributed by atoms with E-state index in [0.717, 1.165) is 25.0 Å². The Bertz CT molecular complexity index is 698.